The molecule has 1 heterocycles. The zero-order valence-electron chi connectivity index (χ0n) is 19.4. The number of unbranched alkanes of at least 4 members (excludes halogenated alkanes) is 2. The smallest absolute Gasteiger partial charge is 0.305 e. The van der Waals surface area contributed by atoms with Gasteiger partial charge in [-0.2, -0.15) is 0 Å². The molecule has 0 N–H and O–H groups in total. The zero-order chi connectivity index (χ0) is 23.8. The number of carbonyl (C=O) groups is 1. The number of para-hydroxylation sites is 3. The molecule has 0 aliphatic carbocycles. The van der Waals surface area contributed by atoms with Gasteiger partial charge in [0.15, 0.2) is 0 Å². The lowest BCUT2D eigenvalue weighted by atomic mass is 10.1. The van der Waals surface area contributed by atoms with Crippen LogP contribution in [0.5, 0.6) is 5.75 Å². The van der Waals surface area contributed by atoms with Crippen molar-refractivity contribution in [2.75, 3.05) is 13.2 Å². The van der Waals surface area contributed by atoms with Gasteiger partial charge in [0.2, 0.25) is 0 Å². The molecule has 0 fully saturated rings. The largest absolute Gasteiger partial charge is 0.493 e. The van der Waals surface area contributed by atoms with E-state index in [2.05, 4.69) is 10.6 Å². The number of benzene rings is 3. The van der Waals surface area contributed by atoms with Crippen LogP contribution in [0.15, 0.2) is 72.8 Å². The van der Waals surface area contributed by atoms with Gasteiger partial charge < -0.3 is 14.0 Å². The van der Waals surface area contributed by atoms with E-state index >= 15 is 0 Å². The lowest BCUT2D eigenvalue weighted by Gasteiger charge is -2.14. The number of fused-ring (bicyclic) bond motifs is 1. The third-order valence-electron chi connectivity index (χ3n) is 5.65. The van der Waals surface area contributed by atoms with Crippen LogP contribution in [0.2, 0.25) is 0 Å². The van der Waals surface area contributed by atoms with Crippen molar-refractivity contribution in [3.05, 3.63) is 84.2 Å². The molecular formula is C28H29FN2O3. The van der Waals surface area contributed by atoms with E-state index in [1.807, 2.05) is 49.4 Å². The summed E-state index contributed by atoms with van der Waals surface area (Å²) in [6.45, 7) is 3.40. The monoisotopic (exact) mass is 460 g/mol. The Morgan fingerprint density at radius 1 is 0.941 bits per heavy atom. The summed E-state index contributed by atoms with van der Waals surface area (Å²) in [5.41, 5.74) is 3.80. The van der Waals surface area contributed by atoms with Gasteiger partial charge in [0, 0.05) is 17.5 Å². The fourth-order valence-electron chi connectivity index (χ4n) is 3.96. The summed E-state index contributed by atoms with van der Waals surface area (Å²) >= 11 is 0. The van der Waals surface area contributed by atoms with Crippen LogP contribution in [0, 0.1) is 5.82 Å². The van der Waals surface area contributed by atoms with Gasteiger partial charge in [-0.25, -0.2) is 9.37 Å². The first kappa shape index (κ1) is 23.5. The molecule has 0 radical (unpaired) electrons. The second kappa shape index (κ2) is 11.5. The second-order valence-corrected chi connectivity index (χ2v) is 8.09. The van der Waals surface area contributed by atoms with Crippen LogP contribution >= 0.6 is 0 Å². The minimum absolute atomic E-state index is 0.140. The van der Waals surface area contributed by atoms with Crippen molar-refractivity contribution in [1.82, 2.24) is 9.55 Å². The molecule has 0 aliphatic rings. The molecule has 0 atom stereocenters. The van der Waals surface area contributed by atoms with Crippen LogP contribution in [-0.2, 0) is 16.1 Å². The van der Waals surface area contributed by atoms with Gasteiger partial charge in [-0.1, -0.05) is 30.3 Å². The Bertz CT molecular complexity index is 1230. The topological polar surface area (TPSA) is 53.4 Å². The van der Waals surface area contributed by atoms with Gasteiger partial charge >= 0.3 is 5.97 Å². The Morgan fingerprint density at radius 3 is 2.53 bits per heavy atom. The number of hydrogen-bond donors (Lipinski definition) is 0. The third-order valence-corrected chi connectivity index (χ3v) is 5.65. The van der Waals surface area contributed by atoms with Crippen LogP contribution in [0.3, 0.4) is 0 Å². The first-order chi connectivity index (χ1) is 16.7. The summed E-state index contributed by atoms with van der Waals surface area (Å²) in [5, 5.41) is 0. The fraction of sp³-hybridized carbons (Fsp3) is 0.286. The molecule has 0 spiro atoms. The Balaban J connectivity index is 1.48. The minimum atomic E-state index is -0.271. The van der Waals surface area contributed by atoms with Crippen LogP contribution in [-0.4, -0.2) is 28.7 Å². The van der Waals surface area contributed by atoms with E-state index in [-0.39, 0.29) is 11.8 Å². The highest BCUT2D eigenvalue weighted by Crippen LogP contribution is 2.28. The summed E-state index contributed by atoms with van der Waals surface area (Å²) in [6.07, 6.45) is 3.01. The molecule has 0 aliphatic heterocycles. The maximum Gasteiger partial charge on any atom is 0.305 e. The molecule has 0 unspecified atom stereocenters. The van der Waals surface area contributed by atoms with E-state index in [1.165, 1.54) is 12.1 Å². The maximum atomic E-state index is 13.5. The number of rotatable bonds is 11. The van der Waals surface area contributed by atoms with Gasteiger partial charge in [-0.3, -0.25) is 4.79 Å². The molecule has 176 valence electrons. The maximum absolute atomic E-state index is 13.5. The molecule has 3 aromatic carbocycles. The molecule has 0 bridgehead atoms. The molecule has 4 rings (SSSR count). The highest BCUT2D eigenvalue weighted by molar-refractivity contribution is 5.80. The normalized spacial score (nSPS) is 11.0. The second-order valence-electron chi connectivity index (χ2n) is 8.09. The van der Waals surface area contributed by atoms with Gasteiger partial charge in [0.25, 0.3) is 0 Å². The van der Waals surface area contributed by atoms with Crippen molar-refractivity contribution >= 4 is 17.0 Å². The Kier molecular flexibility index (Phi) is 7.91. The number of imidazole rings is 1. The van der Waals surface area contributed by atoms with E-state index in [9.17, 15) is 9.18 Å². The molecule has 0 amide bonds. The van der Waals surface area contributed by atoms with E-state index in [4.69, 9.17) is 14.5 Å². The fourth-order valence-corrected chi connectivity index (χ4v) is 3.96. The van der Waals surface area contributed by atoms with E-state index in [0.717, 1.165) is 53.0 Å². The van der Waals surface area contributed by atoms with Gasteiger partial charge in [-0.15, -0.1) is 0 Å². The number of hydrogen-bond acceptors (Lipinski definition) is 4. The van der Waals surface area contributed by atoms with Crippen molar-refractivity contribution in [2.24, 2.45) is 0 Å². The summed E-state index contributed by atoms with van der Waals surface area (Å²) in [4.78, 5) is 16.3. The predicted molar refractivity (Wildman–Crippen MR) is 131 cm³/mol. The predicted octanol–water partition coefficient (Wildman–Crippen LogP) is 6.39. The first-order valence-corrected chi connectivity index (χ1v) is 11.7. The summed E-state index contributed by atoms with van der Waals surface area (Å²) < 4.78 is 26.7. The van der Waals surface area contributed by atoms with E-state index < -0.39 is 0 Å². The van der Waals surface area contributed by atoms with Crippen molar-refractivity contribution in [1.29, 1.82) is 0 Å². The lowest BCUT2D eigenvalue weighted by Crippen LogP contribution is -2.06. The minimum Gasteiger partial charge on any atom is -0.493 e. The average Bonchev–Trinajstić information content (AvgIpc) is 3.21. The van der Waals surface area contributed by atoms with Gasteiger partial charge in [-0.05, 0) is 68.7 Å². The standard InChI is InChI=1S/C28H29FN2O3/c1-2-33-27(32)14-4-3-9-19-34-26-13-8-5-10-22(26)20-31-25-12-7-6-11-24(25)30-28(31)21-15-17-23(29)18-16-21/h5-8,10-13,15-18H,2-4,9,14,19-20H2,1H3. The molecule has 5 nitrogen and oxygen atoms in total. The number of carbonyl (C=O) groups excluding carboxylic acids is 1. The van der Waals surface area contributed by atoms with Crippen LogP contribution in [0.25, 0.3) is 22.4 Å². The number of esters is 1. The van der Waals surface area contributed by atoms with E-state index in [1.54, 1.807) is 12.1 Å². The Morgan fingerprint density at radius 2 is 1.71 bits per heavy atom. The Labute approximate surface area is 199 Å². The van der Waals surface area contributed by atoms with Crippen LogP contribution in [0.4, 0.5) is 4.39 Å². The molecule has 1 aromatic heterocycles. The van der Waals surface area contributed by atoms with Gasteiger partial charge in [0.05, 0.1) is 30.8 Å². The third kappa shape index (κ3) is 5.81. The first-order valence-electron chi connectivity index (χ1n) is 11.7. The SMILES string of the molecule is CCOC(=O)CCCCCOc1ccccc1Cn1c(-c2ccc(F)cc2)nc2ccccc21. The molecule has 4 aromatic rings. The lowest BCUT2D eigenvalue weighted by molar-refractivity contribution is -0.143. The number of ether oxygens (including phenoxy) is 2. The molecule has 34 heavy (non-hydrogen) atoms. The van der Waals surface area contributed by atoms with Crippen LogP contribution < -0.4 is 4.74 Å². The van der Waals surface area contributed by atoms with Crippen LogP contribution in [0.1, 0.15) is 38.2 Å². The zero-order valence-corrected chi connectivity index (χ0v) is 19.4. The molecule has 0 saturated carbocycles. The number of nitrogens with zero attached hydrogens (tertiary/aromatic N) is 2. The number of halogens is 1. The average molecular weight is 461 g/mol. The summed E-state index contributed by atoms with van der Waals surface area (Å²) in [5.74, 6) is 1.20. The molecular weight excluding hydrogens is 431 g/mol. The van der Waals surface area contributed by atoms with E-state index in [0.29, 0.717) is 26.2 Å². The van der Waals surface area contributed by atoms with Crippen molar-refractivity contribution < 1.29 is 18.7 Å². The highest BCUT2D eigenvalue weighted by Gasteiger charge is 2.15. The van der Waals surface area contributed by atoms with Crippen molar-refractivity contribution in [3.63, 3.8) is 0 Å². The van der Waals surface area contributed by atoms with Crippen molar-refractivity contribution in [2.45, 2.75) is 39.2 Å². The summed E-state index contributed by atoms with van der Waals surface area (Å²) in [7, 11) is 0. The Hall–Kier alpha value is -3.67. The molecule has 0 saturated heterocycles. The highest BCUT2D eigenvalue weighted by atomic mass is 19.1. The molecule has 6 heteroatoms. The number of aromatic nitrogens is 2. The quantitative estimate of drug-likeness (QED) is 0.192. The van der Waals surface area contributed by atoms with Crippen molar-refractivity contribution in [3.8, 4) is 17.1 Å². The van der Waals surface area contributed by atoms with Gasteiger partial charge in [0.1, 0.15) is 17.4 Å². The summed E-state index contributed by atoms with van der Waals surface area (Å²) in [6, 6.07) is 22.4.